The molecule has 0 radical (unpaired) electrons. The van der Waals surface area contributed by atoms with Gasteiger partial charge in [-0.2, -0.15) is 0 Å². The van der Waals surface area contributed by atoms with Crippen molar-refractivity contribution >= 4 is 5.78 Å². The van der Waals surface area contributed by atoms with E-state index in [4.69, 9.17) is 4.74 Å². The molecule has 2 unspecified atom stereocenters. The van der Waals surface area contributed by atoms with Crippen molar-refractivity contribution in [2.75, 3.05) is 0 Å². The first kappa shape index (κ1) is 8.24. The Kier molecular flexibility index (Phi) is 1.95. The zero-order valence-corrected chi connectivity index (χ0v) is 7.64. The van der Waals surface area contributed by atoms with E-state index in [1.165, 1.54) is 12.8 Å². The standard InChI is InChI=1S/C10H16O2/c1-2-3-6-9-10(12-9)7-4-5-8(10)11/h9H,2-7H2,1H3. The predicted octanol–water partition coefficient (Wildman–Crippen LogP) is 2.07. The molecule has 1 heterocycles. The Morgan fingerprint density at radius 1 is 1.67 bits per heavy atom. The molecule has 1 spiro atoms. The molecule has 68 valence electrons. The summed E-state index contributed by atoms with van der Waals surface area (Å²) in [6, 6.07) is 0. The molecule has 2 fully saturated rings. The molecule has 2 nitrogen and oxygen atoms in total. The second kappa shape index (κ2) is 2.84. The van der Waals surface area contributed by atoms with Gasteiger partial charge in [0.1, 0.15) is 0 Å². The minimum atomic E-state index is -0.269. The third-order valence-electron chi connectivity index (χ3n) is 3.06. The molecule has 2 rings (SSSR count). The van der Waals surface area contributed by atoms with Gasteiger partial charge in [-0.05, 0) is 19.3 Å². The second-order valence-corrected chi connectivity index (χ2v) is 3.91. The molecular formula is C10H16O2. The second-order valence-electron chi connectivity index (χ2n) is 3.91. The van der Waals surface area contributed by atoms with E-state index in [-0.39, 0.29) is 11.7 Å². The first-order valence-electron chi connectivity index (χ1n) is 5.01. The summed E-state index contributed by atoms with van der Waals surface area (Å²) in [5.74, 6) is 0.364. The van der Waals surface area contributed by atoms with Crippen LogP contribution in [0.2, 0.25) is 0 Å². The van der Waals surface area contributed by atoms with Crippen LogP contribution in [0.15, 0.2) is 0 Å². The Hall–Kier alpha value is -0.370. The maximum absolute atomic E-state index is 11.4. The van der Waals surface area contributed by atoms with Crippen molar-refractivity contribution < 1.29 is 9.53 Å². The Labute approximate surface area is 73.3 Å². The summed E-state index contributed by atoms with van der Waals surface area (Å²) < 4.78 is 5.53. The van der Waals surface area contributed by atoms with Gasteiger partial charge in [0.05, 0.1) is 6.10 Å². The van der Waals surface area contributed by atoms with Gasteiger partial charge >= 0.3 is 0 Å². The van der Waals surface area contributed by atoms with Crippen molar-refractivity contribution in [3.8, 4) is 0 Å². The molecule has 2 atom stereocenters. The van der Waals surface area contributed by atoms with Crippen molar-refractivity contribution in [1.29, 1.82) is 0 Å². The van der Waals surface area contributed by atoms with E-state index >= 15 is 0 Å². The number of ketones is 1. The topological polar surface area (TPSA) is 29.6 Å². The molecule has 1 saturated heterocycles. The number of rotatable bonds is 3. The lowest BCUT2D eigenvalue weighted by Gasteiger charge is -1.98. The van der Waals surface area contributed by atoms with Gasteiger partial charge in [-0.15, -0.1) is 0 Å². The van der Waals surface area contributed by atoms with Crippen LogP contribution >= 0.6 is 0 Å². The van der Waals surface area contributed by atoms with E-state index in [1.807, 2.05) is 0 Å². The summed E-state index contributed by atoms with van der Waals surface area (Å²) in [6.45, 7) is 2.17. The number of unbranched alkanes of at least 4 members (excludes halogenated alkanes) is 1. The van der Waals surface area contributed by atoms with E-state index in [0.717, 1.165) is 25.7 Å². The lowest BCUT2D eigenvalue weighted by molar-refractivity contribution is -0.121. The minimum Gasteiger partial charge on any atom is -0.358 e. The van der Waals surface area contributed by atoms with Crippen LogP contribution in [0.4, 0.5) is 0 Å². The van der Waals surface area contributed by atoms with Gasteiger partial charge in [0.15, 0.2) is 11.4 Å². The average molecular weight is 168 g/mol. The van der Waals surface area contributed by atoms with Gasteiger partial charge in [0, 0.05) is 6.42 Å². The zero-order chi connectivity index (χ0) is 8.60. The lowest BCUT2D eigenvalue weighted by atomic mass is 9.99. The SMILES string of the molecule is CCCCC1OC12CCCC2=O. The first-order valence-corrected chi connectivity index (χ1v) is 5.01. The van der Waals surface area contributed by atoms with Gasteiger partial charge < -0.3 is 4.74 Å². The Morgan fingerprint density at radius 2 is 2.50 bits per heavy atom. The Bertz CT molecular complexity index is 200. The van der Waals surface area contributed by atoms with Crippen LogP contribution < -0.4 is 0 Å². The van der Waals surface area contributed by atoms with E-state index in [0.29, 0.717) is 5.78 Å². The molecule has 0 aromatic heterocycles. The van der Waals surface area contributed by atoms with Crippen LogP contribution in [0.1, 0.15) is 45.4 Å². The maximum Gasteiger partial charge on any atom is 0.167 e. The third kappa shape index (κ3) is 1.09. The van der Waals surface area contributed by atoms with Crippen LogP contribution in [0.25, 0.3) is 0 Å². The molecular weight excluding hydrogens is 152 g/mol. The van der Waals surface area contributed by atoms with Crippen LogP contribution in [-0.4, -0.2) is 17.5 Å². The van der Waals surface area contributed by atoms with Gasteiger partial charge in [0.2, 0.25) is 0 Å². The van der Waals surface area contributed by atoms with Crippen LogP contribution in [0, 0.1) is 0 Å². The summed E-state index contributed by atoms with van der Waals surface area (Å²) in [6.07, 6.45) is 6.54. The van der Waals surface area contributed by atoms with E-state index in [1.54, 1.807) is 0 Å². The first-order chi connectivity index (χ1) is 5.79. The number of carbonyl (C=O) groups is 1. The highest BCUT2D eigenvalue weighted by atomic mass is 16.6. The summed E-state index contributed by atoms with van der Waals surface area (Å²) in [5.41, 5.74) is -0.269. The number of hydrogen-bond donors (Lipinski definition) is 0. The number of epoxide rings is 1. The number of carbonyl (C=O) groups excluding carboxylic acids is 1. The number of Topliss-reactive ketones (excluding diaryl/α,β-unsaturated/α-hetero) is 1. The van der Waals surface area contributed by atoms with Crippen LogP contribution in [0.5, 0.6) is 0 Å². The predicted molar refractivity (Wildman–Crippen MR) is 46.0 cm³/mol. The largest absolute Gasteiger partial charge is 0.358 e. The molecule has 1 saturated carbocycles. The highest BCUT2D eigenvalue weighted by Crippen LogP contribution is 2.49. The molecule has 2 aliphatic rings. The highest BCUT2D eigenvalue weighted by Gasteiger charge is 2.62. The molecule has 2 heteroatoms. The molecule has 0 N–H and O–H groups in total. The van der Waals surface area contributed by atoms with Crippen molar-refractivity contribution in [2.24, 2.45) is 0 Å². The molecule has 0 bridgehead atoms. The fraction of sp³-hybridized carbons (Fsp3) is 0.900. The Balaban J connectivity index is 1.88. The van der Waals surface area contributed by atoms with Crippen molar-refractivity contribution in [2.45, 2.75) is 57.2 Å². The van der Waals surface area contributed by atoms with Crippen LogP contribution in [0.3, 0.4) is 0 Å². The Morgan fingerprint density at radius 3 is 3.08 bits per heavy atom. The van der Waals surface area contributed by atoms with Gasteiger partial charge in [-0.25, -0.2) is 0 Å². The summed E-state index contributed by atoms with van der Waals surface area (Å²) in [5, 5.41) is 0. The minimum absolute atomic E-state index is 0.269. The molecule has 0 aromatic rings. The third-order valence-corrected chi connectivity index (χ3v) is 3.06. The molecule has 1 aliphatic heterocycles. The fourth-order valence-corrected chi connectivity index (χ4v) is 2.23. The van der Waals surface area contributed by atoms with Crippen LogP contribution in [-0.2, 0) is 9.53 Å². The summed E-state index contributed by atoms with van der Waals surface area (Å²) >= 11 is 0. The van der Waals surface area contributed by atoms with Gasteiger partial charge in [-0.1, -0.05) is 19.8 Å². The lowest BCUT2D eigenvalue weighted by Crippen LogP contribution is -2.20. The summed E-state index contributed by atoms with van der Waals surface area (Å²) in [4.78, 5) is 11.4. The molecule has 1 aliphatic carbocycles. The van der Waals surface area contributed by atoms with Crippen molar-refractivity contribution in [3.05, 3.63) is 0 Å². The van der Waals surface area contributed by atoms with Crippen molar-refractivity contribution in [3.63, 3.8) is 0 Å². The van der Waals surface area contributed by atoms with Gasteiger partial charge in [-0.3, -0.25) is 4.79 Å². The monoisotopic (exact) mass is 168 g/mol. The zero-order valence-electron chi connectivity index (χ0n) is 7.64. The van der Waals surface area contributed by atoms with Crippen molar-refractivity contribution in [1.82, 2.24) is 0 Å². The van der Waals surface area contributed by atoms with E-state index in [2.05, 4.69) is 6.92 Å². The maximum atomic E-state index is 11.4. The number of hydrogen-bond acceptors (Lipinski definition) is 2. The van der Waals surface area contributed by atoms with E-state index in [9.17, 15) is 4.79 Å². The molecule has 0 aromatic carbocycles. The van der Waals surface area contributed by atoms with E-state index < -0.39 is 0 Å². The highest BCUT2D eigenvalue weighted by molar-refractivity contribution is 5.92. The normalized spacial score (nSPS) is 39.4. The average Bonchev–Trinajstić information content (AvgIpc) is 2.64. The smallest absolute Gasteiger partial charge is 0.167 e. The van der Waals surface area contributed by atoms with Gasteiger partial charge in [0.25, 0.3) is 0 Å². The fourth-order valence-electron chi connectivity index (χ4n) is 2.23. The number of ether oxygens (including phenoxy) is 1. The quantitative estimate of drug-likeness (QED) is 0.604. The summed E-state index contributed by atoms with van der Waals surface area (Å²) in [7, 11) is 0. The molecule has 0 amide bonds. The molecule has 12 heavy (non-hydrogen) atoms.